The number of nitriles is 2. The monoisotopic (exact) mass is 491 g/mol. The van der Waals surface area contributed by atoms with Crippen LogP contribution in [0.25, 0.3) is 6.08 Å². The lowest BCUT2D eigenvalue weighted by Gasteiger charge is -2.35. The van der Waals surface area contributed by atoms with Crippen molar-refractivity contribution in [3.63, 3.8) is 0 Å². The maximum absolute atomic E-state index is 14.3. The maximum atomic E-state index is 14.3. The molecular formula is C30H25N3O4. The molecule has 0 amide bonds. The minimum atomic E-state index is -1.58. The Kier molecular flexibility index (Phi) is 6.07. The highest BCUT2D eigenvalue weighted by atomic mass is 16.5. The SMILES string of the molecule is COc1cc(C2C(C(=O)c3ccccc3)N3c4ccccc4C=CC3C2(C#N)C#N)cc(OC)c1OC. The number of nitrogens with zero attached hydrogens (tertiary/aromatic N) is 3. The lowest BCUT2D eigenvalue weighted by molar-refractivity contribution is 0.0950. The van der Waals surface area contributed by atoms with Crippen molar-refractivity contribution in [3.8, 4) is 29.4 Å². The van der Waals surface area contributed by atoms with Crippen molar-refractivity contribution >= 4 is 17.5 Å². The van der Waals surface area contributed by atoms with Gasteiger partial charge < -0.3 is 19.1 Å². The third-order valence-electron chi connectivity index (χ3n) is 7.29. The molecule has 1 saturated heterocycles. The zero-order valence-electron chi connectivity index (χ0n) is 20.7. The highest BCUT2D eigenvalue weighted by molar-refractivity contribution is 6.04. The van der Waals surface area contributed by atoms with E-state index in [0.717, 1.165) is 11.3 Å². The summed E-state index contributed by atoms with van der Waals surface area (Å²) in [6.07, 6.45) is 3.78. The molecule has 0 aliphatic carbocycles. The van der Waals surface area contributed by atoms with Crippen LogP contribution in [0.1, 0.15) is 27.4 Å². The molecule has 184 valence electrons. The zero-order chi connectivity index (χ0) is 26.2. The summed E-state index contributed by atoms with van der Waals surface area (Å²) < 4.78 is 16.7. The smallest absolute Gasteiger partial charge is 0.203 e. The van der Waals surface area contributed by atoms with E-state index in [-0.39, 0.29) is 5.78 Å². The number of ketones is 1. The van der Waals surface area contributed by atoms with Gasteiger partial charge in [-0.1, -0.05) is 60.7 Å². The largest absolute Gasteiger partial charge is 0.493 e. The second kappa shape index (κ2) is 9.37. The van der Waals surface area contributed by atoms with Crippen LogP contribution in [0.5, 0.6) is 17.2 Å². The van der Waals surface area contributed by atoms with Gasteiger partial charge >= 0.3 is 0 Å². The van der Waals surface area contributed by atoms with Gasteiger partial charge in [-0.15, -0.1) is 0 Å². The fraction of sp³-hybridized carbons (Fsp3) is 0.233. The lowest BCUT2D eigenvalue weighted by Crippen LogP contribution is -2.44. The third-order valence-corrected chi connectivity index (χ3v) is 7.29. The Balaban J connectivity index is 1.82. The molecule has 2 heterocycles. The highest BCUT2D eigenvalue weighted by Crippen LogP contribution is 2.57. The molecule has 0 aromatic heterocycles. The lowest BCUT2D eigenvalue weighted by atomic mass is 9.69. The Morgan fingerprint density at radius 3 is 2.11 bits per heavy atom. The van der Waals surface area contributed by atoms with Crippen LogP contribution in [0, 0.1) is 28.1 Å². The van der Waals surface area contributed by atoms with E-state index < -0.39 is 23.4 Å². The number of hydrogen-bond donors (Lipinski definition) is 0. The van der Waals surface area contributed by atoms with Crippen molar-refractivity contribution < 1.29 is 19.0 Å². The molecule has 1 fully saturated rings. The summed E-state index contributed by atoms with van der Waals surface area (Å²) in [6, 6.07) is 23.3. The van der Waals surface area contributed by atoms with Crippen molar-refractivity contribution in [2.24, 2.45) is 5.41 Å². The molecule has 3 aromatic carbocycles. The average molecular weight is 492 g/mol. The van der Waals surface area contributed by atoms with Gasteiger partial charge in [0.1, 0.15) is 6.04 Å². The minimum absolute atomic E-state index is 0.179. The predicted molar refractivity (Wildman–Crippen MR) is 139 cm³/mol. The molecule has 0 saturated carbocycles. The van der Waals surface area contributed by atoms with Gasteiger partial charge in [0, 0.05) is 17.2 Å². The molecule has 3 atom stereocenters. The molecule has 2 aliphatic heterocycles. The first-order chi connectivity index (χ1) is 18.0. The van der Waals surface area contributed by atoms with E-state index in [9.17, 15) is 15.3 Å². The summed E-state index contributed by atoms with van der Waals surface area (Å²) in [5.74, 6) is 0.147. The van der Waals surface area contributed by atoms with Crippen LogP contribution in [0.15, 0.2) is 72.8 Å². The topological polar surface area (TPSA) is 95.6 Å². The van der Waals surface area contributed by atoms with E-state index in [1.54, 1.807) is 36.4 Å². The molecule has 37 heavy (non-hydrogen) atoms. The molecule has 5 rings (SSSR count). The van der Waals surface area contributed by atoms with Crippen molar-refractivity contribution in [1.82, 2.24) is 0 Å². The Bertz CT molecular complexity index is 1430. The van der Waals surface area contributed by atoms with Gasteiger partial charge in [0.05, 0.1) is 39.5 Å². The molecule has 0 bridgehead atoms. The first kappa shape index (κ1) is 24.0. The van der Waals surface area contributed by atoms with Gasteiger partial charge in [-0.05, 0) is 29.3 Å². The number of para-hydroxylation sites is 1. The Morgan fingerprint density at radius 1 is 0.892 bits per heavy atom. The summed E-state index contributed by atoms with van der Waals surface area (Å²) >= 11 is 0. The number of Topliss-reactive ketones (excluding diaryl/α,β-unsaturated/α-hetero) is 1. The van der Waals surface area contributed by atoms with Crippen molar-refractivity contribution in [2.45, 2.75) is 18.0 Å². The van der Waals surface area contributed by atoms with E-state index in [1.165, 1.54) is 21.3 Å². The van der Waals surface area contributed by atoms with Crippen LogP contribution in [-0.2, 0) is 0 Å². The zero-order valence-corrected chi connectivity index (χ0v) is 20.7. The molecule has 0 radical (unpaired) electrons. The second-order valence-electron chi connectivity index (χ2n) is 8.97. The number of rotatable bonds is 6. The van der Waals surface area contributed by atoms with E-state index >= 15 is 0 Å². The van der Waals surface area contributed by atoms with E-state index in [4.69, 9.17) is 14.2 Å². The number of methoxy groups -OCH3 is 3. The Labute approximate surface area is 215 Å². The Hall–Kier alpha value is -4.75. The molecule has 7 heteroatoms. The van der Waals surface area contributed by atoms with Crippen LogP contribution in [-0.4, -0.2) is 39.2 Å². The number of carbonyl (C=O) groups excluding carboxylic acids is 1. The van der Waals surface area contributed by atoms with Gasteiger partial charge in [0.2, 0.25) is 5.75 Å². The molecule has 3 unspecified atom stereocenters. The number of carbonyl (C=O) groups is 1. The van der Waals surface area contributed by atoms with Crippen molar-refractivity contribution in [3.05, 3.63) is 89.5 Å². The summed E-state index contributed by atoms with van der Waals surface area (Å²) in [5, 5.41) is 21.3. The fourth-order valence-electron chi connectivity index (χ4n) is 5.66. The molecule has 7 nitrogen and oxygen atoms in total. The quantitative estimate of drug-likeness (QED) is 0.448. The predicted octanol–water partition coefficient (Wildman–Crippen LogP) is 5.00. The van der Waals surface area contributed by atoms with Gasteiger partial charge in [-0.2, -0.15) is 10.5 Å². The number of benzene rings is 3. The van der Waals surface area contributed by atoms with E-state index in [0.29, 0.717) is 28.4 Å². The molecular weight excluding hydrogens is 466 g/mol. The molecule has 2 aliphatic rings. The fourth-order valence-corrected chi connectivity index (χ4v) is 5.66. The first-order valence-electron chi connectivity index (χ1n) is 11.8. The highest BCUT2D eigenvalue weighted by Gasteiger charge is 2.63. The Morgan fingerprint density at radius 2 is 1.51 bits per heavy atom. The van der Waals surface area contributed by atoms with Crippen LogP contribution in [0.2, 0.25) is 0 Å². The van der Waals surface area contributed by atoms with Crippen LogP contribution in [0.3, 0.4) is 0 Å². The van der Waals surface area contributed by atoms with E-state index in [1.807, 2.05) is 47.4 Å². The standard InChI is InChI=1S/C30H25N3O4/c1-35-23-15-21(16-24(36-2)29(23)37-3)26-27(28(34)20-10-5-4-6-11-20)33-22-12-8-7-9-19(22)13-14-25(33)30(26,17-31)18-32/h4-16,25-27H,1-3H3. The first-order valence-corrected chi connectivity index (χ1v) is 11.8. The van der Waals surface area contributed by atoms with Gasteiger partial charge in [-0.25, -0.2) is 0 Å². The van der Waals surface area contributed by atoms with Gasteiger partial charge in [0.15, 0.2) is 22.7 Å². The summed E-state index contributed by atoms with van der Waals surface area (Å²) in [7, 11) is 4.52. The maximum Gasteiger partial charge on any atom is 0.203 e. The number of anilines is 1. The van der Waals surface area contributed by atoms with Crippen molar-refractivity contribution in [1.29, 1.82) is 10.5 Å². The summed E-state index contributed by atoms with van der Waals surface area (Å²) in [6.45, 7) is 0. The molecule has 0 N–H and O–H groups in total. The van der Waals surface area contributed by atoms with Crippen LogP contribution in [0.4, 0.5) is 5.69 Å². The second-order valence-corrected chi connectivity index (χ2v) is 8.97. The number of hydrogen-bond acceptors (Lipinski definition) is 7. The van der Waals surface area contributed by atoms with Crippen LogP contribution < -0.4 is 19.1 Å². The summed E-state index contributed by atoms with van der Waals surface area (Å²) in [4.78, 5) is 16.2. The third kappa shape index (κ3) is 3.51. The van der Waals surface area contributed by atoms with Gasteiger partial charge in [-0.3, -0.25) is 4.79 Å². The van der Waals surface area contributed by atoms with Gasteiger partial charge in [0.25, 0.3) is 0 Å². The summed E-state index contributed by atoms with van der Waals surface area (Å²) in [5.41, 5.74) is 1.22. The average Bonchev–Trinajstić information content (AvgIpc) is 3.27. The van der Waals surface area contributed by atoms with E-state index in [2.05, 4.69) is 12.1 Å². The normalized spacial score (nSPS) is 20.7. The number of fused-ring (bicyclic) bond motifs is 3. The van der Waals surface area contributed by atoms with Crippen LogP contribution >= 0.6 is 0 Å². The molecule has 3 aromatic rings. The van der Waals surface area contributed by atoms with Crippen molar-refractivity contribution in [2.75, 3.05) is 26.2 Å². The molecule has 0 spiro atoms. The number of ether oxygens (including phenoxy) is 3. The minimum Gasteiger partial charge on any atom is -0.493 e.